The zero-order valence-electron chi connectivity index (χ0n) is 10.1. The van der Waals surface area contributed by atoms with E-state index in [-0.39, 0.29) is 0 Å². The molecule has 1 aliphatic rings. The Labute approximate surface area is 89.2 Å². The fourth-order valence-corrected chi connectivity index (χ4v) is 2.04. The lowest BCUT2D eigenvalue weighted by atomic mass is 10.3. The molecule has 2 heteroatoms. The first-order valence-corrected chi connectivity index (χ1v) is 6.38. The highest BCUT2D eigenvalue weighted by atomic mass is 15.9. The Balaban J connectivity index is 2.19. The molecule has 0 aromatic carbocycles. The molecule has 14 heavy (non-hydrogen) atoms. The van der Waals surface area contributed by atoms with Crippen LogP contribution in [-0.4, -0.2) is 29.3 Å². The molecule has 0 radical (unpaired) electrons. The van der Waals surface area contributed by atoms with Crippen molar-refractivity contribution < 1.29 is 0 Å². The summed E-state index contributed by atoms with van der Waals surface area (Å²) in [5.41, 5.74) is 0. The summed E-state index contributed by atoms with van der Waals surface area (Å²) in [6.45, 7) is 9.40. The highest BCUT2D eigenvalue weighted by molar-refractivity contribution is 4.82. The molecular weight excluding hydrogens is 172 g/mol. The van der Waals surface area contributed by atoms with Gasteiger partial charge in [0.15, 0.2) is 0 Å². The van der Waals surface area contributed by atoms with Crippen LogP contribution in [0.2, 0.25) is 0 Å². The molecule has 0 aromatic rings. The molecule has 2 atom stereocenters. The van der Waals surface area contributed by atoms with Crippen molar-refractivity contribution in [3.05, 3.63) is 0 Å². The Morgan fingerprint density at radius 1 is 0.786 bits per heavy atom. The van der Waals surface area contributed by atoms with Crippen LogP contribution in [0.15, 0.2) is 0 Å². The number of hydrazine groups is 1. The molecule has 0 bridgehead atoms. The van der Waals surface area contributed by atoms with Crippen LogP contribution in [0, 0.1) is 0 Å². The van der Waals surface area contributed by atoms with Crippen LogP contribution >= 0.6 is 0 Å². The fourth-order valence-electron chi connectivity index (χ4n) is 2.04. The normalized spacial score (nSPS) is 30.6. The maximum atomic E-state index is 2.57. The highest BCUT2D eigenvalue weighted by Crippen LogP contribution is 2.30. The molecule has 2 nitrogen and oxygen atoms in total. The Kier molecular flexibility index (Phi) is 5.49. The van der Waals surface area contributed by atoms with Crippen LogP contribution in [0.25, 0.3) is 0 Å². The van der Waals surface area contributed by atoms with Gasteiger partial charge in [0.1, 0.15) is 0 Å². The van der Waals surface area contributed by atoms with Crippen molar-refractivity contribution in [1.29, 1.82) is 0 Å². The predicted octanol–water partition coefficient (Wildman–Crippen LogP) is 3.25. The average molecular weight is 198 g/mol. The van der Waals surface area contributed by atoms with Crippen molar-refractivity contribution in [2.45, 2.75) is 65.5 Å². The van der Waals surface area contributed by atoms with Gasteiger partial charge in [-0.05, 0) is 19.3 Å². The summed E-state index contributed by atoms with van der Waals surface area (Å²) in [5, 5.41) is 5.14. The SMILES string of the molecule is CCCCN1C(CCC)N1CCCC. The second kappa shape index (κ2) is 6.41. The first-order valence-electron chi connectivity index (χ1n) is 6.38. The minimum Gasteiger partial charge on any atom is -0.222 e. The van der Waals surface area contributed by atoms with Gasteiger partial charge in [0.25, 0.3) is 0 Å². The van der Waals surface area contributed by atoms with Crippen molar-refractivity contribution in [2.24, 2.45) is 0 Å². The molecule has 84 valence electrons. The summed E-state index contributed by atoms with van der Waals surface area (Å²) in [6, 6.07) is 0. The summed E-state index contributed by atoms with van der Waals surface area (Å²) in [5.74, 6) is 0. The lowest BCUT2D eigenvalue weighted by Gasteiger charge is -2.02. The van der Waals surface area contributed by atoms with Gasteiger partial charge in [-0.2, -0.15) is 0 Å². The minimum atomic E-state index is 0.790. The standard InChI is InChI=1S/C12H26N2/c1-4-7-10-13-12(9-6-3)14(13)11-8-5-2/h12H,4-11H2,1-3H3. The molecule has 0 saturated carbocycles. The molecule has 1 fully saturated rings. The molecule has 0 N–H and O–H groups in total. The zero-order chi connectivity index (χ0) is 10.4. The van der Waals surface area contributed by atoms with E-state index >= 15 is 0 Å². The van der Waals surface area contributed by atoms with Crippen molar-refractivity contribution >= 4 is 0 Å². The molecule has 2 unspecified atom stereocenters. The van der Waals surface area contributed by atoms with Crippen molar-refractivity contribution in [3.63, 3.8) is 0 Å². The van der Waals surface area contributed by atoms with Crippen LogP contribution in [0.1, 0.15) is 59.3 Å². The molecule has 1 heterocycles. The van der Waals surface area contributed by atoms with Gasteiger partial charge >= 0.3 is 0 Å². The quantitative estimate of drug-likeness (QED) is 0.552. The molecule has 0 aromatic heterocycles. The number of unbranched alkanes of at least 4 members (excludes halogenated alkanes) is 2. The van der Waals surface area contributed by atoms with Crippen LogP contribution in [-0.2, 0) is 0 Å². The summed E-state index contributed by atoms with van der Waals surface area (Å²) in [7, 11) is 0. The van der Waals surface area contributed by atoms with Gasteiger partial charge in [0.2, 0.25) is 0 Å². The number of nitrogens with zero attached hydrogens (tertiary/aromatic N) is 2. The van der Waals surface area contributed by atoms with E-state index in [1.807, 2.05) is 0 Å². The van der Waals surface area contributed by atoms with Gasteiger partial charge in [-0.1, -0.05) is 40.0 Å². The van der Waals surface area contributed by atoms with Gasteiger partial charge in [0, 0.05) is 13.1 Å². The highest BCUT2D eigenvalue weighted by Gasteiger charge is 2.42. The molecular formula is C12H26N2. The van der Waals surface area contributed by atoms with Gasteiger partial charge in [-0.25, -0.2) is 10.0 Å². The van der Waals surface area contributed by atoms with E-state index in [0.717, 1.165) is 6.17 Å². The topological polar surface area (TPSA) is 6.02 Å². The summed E-state index contributed by atoms with van der Waals surface area (Å²) in [6.07, 6.45) is 8.79. The van der Waals surface area contributed by atoms with Crippen LogP contribution < -0.4 is 0 Å². The molecule has 1 saturated heterocycles. The van der Waals surface area contributed by atoms with Gasteiger partial charge in [-0.3, -0.25) is 0 Å². The van der Waals surface area contributed by atoms with Gasteiger partial charge < -0.3 is 0 Å². The number of hydrogen-bond acceptors (Lipinski definition) is 2. The minimum absolute atomic E-state index is 0.790. The Bertz CT molecular complexity index is 133. The van der Waals surface area contributed by atoms with E-state index in [1.165, 1.54) is 51.6 Å². The van der Waals surface area contributed by atoms with E-state index in [2.05, 4.69) is 30.8 Å². The summed E-state index contributed by atoms with van der Waals surface area (Å²) >= 11 is 0. The maximum absolute atomic E-state index is 2.57. The lowest BCUT2D eigenvalue weighted by Crippen LogP contribution is -2.09. The smallest absolute Gasteiger partial charge is 0.0894 e. The van der Waals surface area contributed by atoms with Crippen LogP contribution in [0.5, 0.6) is 0 Å². The van der Waals surface area contributed by atoms with Gasteiger partial charge in [0.05, 0.1) is 6.17 Å². The molecule has 0 amide bonds. The monoisotopic (exact) mass is 198 g/mol. The second-order valence-electron chi connectivity index (χ2n) is 4.30. The average Bonchev–Trinajstić information content (AvgIpc) is 2.85. The van der Waals surface area contributed by atoms with Crippen molar-refractivity contribution in [2.75, 3.05) is 13.1 Å². The zero-order valence-corrected chi connectivity index (χ0v) is 10.1. The Morgan fingerprint density at radius 3 is 1.64 bits per heavy atom. The molecule has 1 rings (SSSR count). The fraction of sp³-hybridized carbons (Fsp3) is 1.00. The first-order chi connectivity index (χ1) is 6.85. The maximum Gasteiger partial charge on any atom is 0.0894 e. The van der Waals surface area contributed by atoms with Crippen LogP contribution in [0.3, 0.4) is 0 Å². The third kappa shape index (κ3) is 3.25. The number of rotatable bonds is 8. The van der Waals surface area contributed by atoms with E-state index < -0.39 is 0 Å². The van der Waals surface area contributed by atoms with Crippen LogP contribution in [0.4, 0.5) is 0 Å². The molecule has 1 aliphatic heterocycles. The van der Waals surface area contributed by atoms with Crippen molar-refractivity contribution in [1.82, 2.24) is 10.0 Å². The second-order valence-corrected chi connectivity index (χ2v) is 4.30. The van der Waals surface area contributed by atoms with Gasteiger partial charge in [-0.15, -0.1) is 0 Å². The Hall–Kier alpha value is -0.0800. The van der Waals surface area contributed by atoms with E-state index in [0.29, 0.717) is 0 Å². The predicted molar refractivity (Wildman–Crippen MR) is 61.9 cm³/mol. The number of hydrogen-bond donors (Lipinski definition) is 0. The third-order valence-electron chi connectivity index (χ3n) is 2.99. The molecule has 0 spiro atoms. The molecule has 0 aliphatic carbocycles. The van der Waals surface area contributed by atoms with E-state index in [4.69, 9.17) is 0 Å². The third-order valence-corrected chi connectivity index (χ3v) is 2.99. The Morgan fingerprint density at radius 2 is 1.29 bits per heavy atom. The van der Waals surface area contributed by atoms with E-state index in [9.17, 15) is 0 Å². The van der Waals surface area contributed by atoms with Crippen molar-refractivity contribution in [3.8, 4) is 0 Å². The lowest BCUT2D eigenvalue weighted by molar-refractivity contribution is 0.298. The summed E-state index contributed by atoms with van der Waals surface area (Å²) < 4.78 is 0. The largest absolute Gasteiger partial charge is 0.222 e. The summed E-state index contributed by atoms with van der Waals surface area (Å²) in [4.78, 5) is 0. The van der Waals surface area contributed by atoms with E-state index in [1.54, 1.807) is 0 Å². The first kappa shape index (κ1) is 12.0.